The van der Waals surface area contributed by atoms with E-state index in [1.807, 2.05) is 37.4 Å². The molecule has 0 saturated carbocycles. The van der Waals surface area contributed by atoms with Gasteiger partial charge < -0.3 is 0 Å². The number of rotatable bonds is 3. The van der Waals surface area contributed by atoms with Crippen LogP contribution in [0.2, 0.25) is 0 Å². The van der Waals surface area contributed by atoms with Crippen LogP contribution in [0.4, 0.5) is 17.1 Å². The second-order valence-corrected chi connectivity index (χ2v) is 5.23. The summed E-state index contributed by atoms with van der Waals surface area (Å²) >= 11 is 0.0161. The van der Waals surface area contributed by atoms with Crippen molar-refractivity contribution < 1.29 is 0 Å². The average Bonchev–Trinajstić information content (AvgIpc) is 2.87. The van der Waals surface area contributed by atoms with E-state index in [9.17, 15) is 0 Å². The van der Waals surface area contributed by atoms with Gasteiger partial charge in [0.1, 0.15) is 0 Å². The van der Waals surface area contributed by atoms with Crippen molar-refractivity contribution in [1.29, 1.82) is 0 Å². The van der Waals surface area contributed by atoms with E-state index in [1.54, 1.807) is 0 Å². The molecule has 1 aromatic heterocycles. The Hall–Kier alpha value is -1.71. The van der Waals surface area contributed by atoms with Gasteiger partial charge in [0.25, 0.3) is 0 Å². The van der Waals surface area contributed by atoms with Crippen LogP contribution in [0.25, 0.3) is 0 Å². The summed E-state index contributed by atoms with van der Waals surface area (Å²) in [5.74, 6) is 0. The van der Waals surface area contributed by atoms with Crippen molar-refractivity contribution in [3.8, 4) is 0 Å². The molecule has 0 unspecified atom stereocenters. The summed E-state index contributed by atoms with van der Waals surface area (Å²) in [4.78, 5) is 4.37. The average molecular weight is 303 g/mol. The molecule has 5 heteroatoms. The van der Waals surface area contributed by atoms with E-state index < -0.39 is 0 Å². The van der Waals surface area contributed by atoms with E-state index in [0.717, 1.165) is 22.8 Å². The quantitative estimate of drug-likeness (QED) is 0.754. The van der Waals surface area contributed by atoms with Gasteiger partial charge in [-0.05, 0) is 0 Å². The normalized spacial score (nSPS) is 12.1. The predicted octanol–water partition coefficient (Wildman–Crippen LogP) is 3.35. The number of anilines is 1. The van der Waals surface area contributed by atoms with Gasteiger partial charge in [0, 0.05) is 0 Å². The standard InChI is InChI=1S/C13H12N4Se/c1-9-5-6-10(14-7-9)8-15-11-3-2-4-12-13(11)17-18-16-12/h2-7,15H,8H2,1H3. The Labute approximate surface area is 111 Å². The number of hydrogen-bond donors (Lipinski definition) is 1. The van der Waals surface area contributed by atoms with Crippen molar-refractivity contribution in [1.82, 2.24) is 4.98 Å². The van der Waals surface area contributed by atoms with E-state index in [0.29, 0.717) is 6.54 Å². The Balaban J connectivity index is 1.76. The van der Waals surface area contributed by atoms with Crippen molar-refractivity contribution in [2.75, 3.05) is 5.32 Å². The Morgan fingerprint density at radius 1 is 1.17 bits per heavy atom. The topological polar surface area (TPSA) is 49.6 Å². The molecule has 2 heterocycles. The van der Waals surface area contributed by atoms with Gasteiger partial charge in [0.05, 0.1) is 0 Å². The van der Waals surface area contributed by atoms with Crippen LogP contribution in [-0.4, -0.2) is 19.6 Å². The van der Waals surface area contributed by atoms with Crippen LogP contribution in [0, 0.1) is 6.92 Å². The molecule has 1 aromatic carbocycles. The molecule has 0 atom stereocenters. The fourth-order valence-electron chi connectivity index (χ4n) is 1.74. The van der Waals surface area contributed by atoms with E-state index in [-0.39, 0.29) is 14.6 Å². The maximum atomic E-state index is 4.44. The van der Waals surface area contributed by atoms with E-state index in [4.69, 9.17) is 0 Å². The van der Waals surface area contributed by atoms with Crippen LogP contribution < -0.4 is 5.32 Å². The van der Waals surface area contributed by atoms with Gasteiger partial charge in [-0.15, -0.1) is 0 Å². The van der Waals surface area contributed by atoms with Crippen LogP contribution >= 0.6 is 0 Å². The van der Waals surface area contributed by atoms with Crippen LogP contribution in [0.15, 0.2) is 44.5 Å². The van der Waals surface area contributed by atoms with E-state index in [2.05, 4.69) is 24.3 Å². The van der Waals surface area contributed by atoms with Gasteiger partial charge in [-0.3, -0.25) is 0 Å². The molecular weight excluding hydrogens is 291 g/mol. The maximum absolute atomic E-state index is 4.44. The fraction of sp³-hybridized carbons (Fsp3) is 0.154. The van der Waals surface area contributed by atoms with Gasteiger partial charge in [0.2, 0.25) is 0 Å². The van der Waals surface area contributed by atoms with E-state index in [1.165, 1.54) is 5.56 Å². The number of fused-ring (bicyclic) bond motifs is 1. The first-order valence-electron chi connectivity index (χ1n) is 5.69. The number of pyridine rings is 1. The van der Waals surface area contributed by atoms with Crippen molar-refractivity contribution in [3.05, 3.63) is 47.8 Å². The molecule has 18 heavy (non-hydrogen) atoms. The second kappa shape index (κ2) is 4.88. The zero-order valence-electron chi connectivity index (χ0n) is 9.92. The second-order valence-electron chi connectivity index (χ2n) is 4.12. The zero-order chi connectivity index (χ0) is 12.4. The fourth-order valence-corrected chi connectivity index (χ4v) is 2.89. The van der Waals surface area contributed by atoms with Gasteiger partial charge in [-0.25, -0.2) is 0 Å². The van der Waals surface area contributed by atoms with Gasteiger partial charge in [0.15, 0.2) is 0 Å². The Bertz CT molecular complexity index is 643. The first-order valence-corrected chi connectivity index (χ1v) is 7.23. The predicted molar refractivity (Wildman–Crippen MR) is 72.7 cm³/mol. The summed E-state index contributed by atoms with van der Waals surface area (Å²) in [6.45, 7) is 2.75. The Kier molecular flexibility index (Phi) is 3.09. The minimum atomic E-state index is 0.0161. The first-order chi connectivity index (χ1) is 8.83. The number of hydrogen-bond acceptors (Lipinski definition) is 4. The molecule has 90 valence electrons. The summed E-state index contributed by atoms with van der Waals surface area (Å²) in [7, 11) is 0. The molecule has 0 fully saturated rings. The number of aryl methyl sites for hydroxylation is 1. The van der Waals surface area contributed by atoms with Gasteiger partial charge in [-0.1, -0.05) is 0 Å². The summed E-state index contributed by atoms with van der Waals surface area (Å²) in [6, 6.07) is 10.2. The summed E-state index contributed by atoms with van der Waals surface area (Å²) < 4.78 is 8.81. The molecule has 1 aliphatic heterocycles. The molecule has 0 amide bonds. The molecule has 2 aromatic rings. The van der Waals surface area contributed by atoms with Crippen molar-refractivity contribution >= 4 is 31.6 Å². The van der Waals surface area contributed by atoms with Gasteiger partial charge in [-0.2, -0.15) is 0 Å². The monoisotopic (exact) mass is 304 g/mol. The number of aromatic nitrogens is 1. The molecule has 0 spiro atoms. The first kappa shape index (κ1) is 11.4. The van der Waals surface area contributed by atoms with Crippen LogP contribution in [0.5, 0.6) is 0 Å². The molecular formula is C13H12N4Se. The van der Waals surface area contributed by atoms with E-state index >= 15 is 0 Å². The van der Waals surface area contributed by atoms with Crippen molar-refractivity contribution in [2.45, 2.75) is 13.5 Å². The molecule has 4 nitrogen and oxygen atoms in total. The molecule has 1 aliphatic rings. The third-order valence-electron chi connectivity index (χ3n) is 2.72. The number of benzene rings is 1. The molecule has 1 N–H and O–H groups in total. The van der Waals surface area contributed by atoms with Crippen LogP contribution in [0.3, 0.4) is 0 Å². The Morgan fingerprint density at radius 3 is 2.94 bits per heavy atom. The SMILES string of the molecule is Cc1ccc(CNc2cccc3c2N=[Se]=N3)nc1. The molecule has 0 bridgehead atoms. The molecule has 0 radical (unpaired) electrons. The molecule has 0 aliphatic carbocycles. The third-order valence-corrected chi connectivity index (χ3v) is 3.86. The summed E-state index contributed by atoms with van der Waals surface area (Å²) in [5, 5.41) is 3.37. The van der Waals surface area contributed by atoms with Crippen molar-refractivity contribution in [2.24, 2.45) is 7.92 Å². The minimum absolute atomic E-state index is 0.0161. The van der Waals surface area contributed by atoms with Gasteiger partial charge >= 0.3 is 111 Å². The summed E-state index contributed by atoms with van der Waals surface area (Å²) in [6.07, 6.45) is 1.88. The van der Waals surface area contributed by atoms with Crippen LogP contribution in [0.1, 0.15) is 11.3 Å². The Morgan fingerprint density at radius 2 is 2.11 bits per heavy atom. The number of nitrogens with one attached hydrogen (secondary N) is 1. The van der Waals surface area contributed by atoms with Crippen molar-refractivity contribution in [3.63, 3.8) is 0 Å². The molecule has 0 saturated heterocycles. The summed E-state index contributed by atoms with van der Waals surface area (Å²) in [5.41, 5.74) is 5.23. The zero-order valence-corrected chi connectivity index (χ0v) is 11.6. The molecule has 3 rings (SSSR count). The third kappa shape index (κ3) is 2.28. The number of nitrogens with zero attached hydrogens (tertiary/aromatic N) is 3. The van der Waals surface area contributed by atoms with Crippen LogP contribution in [-0.2, 0) is 6.54 Å².